The highest BCUT2D eigenvalue weighted by atomic mass is 16.5. The summed E-state index contributed by atoms with van der Waals surface area (Å²) < 4.78 is 13.2. The Morgan fingerprint density at radius 1 is 1.32 bits per heavy atom. The maximum Gasteiger partial charge on any atom is 0.304 e. The summed E-state index contributed by atoms with van der Waals surface area (Å²) in [6.07, 6.45) is 5.54. The molecule has 2 saturated heterocycles. The van der Waals surface area contributed by atoms with Gasteiger partial charge in [0.05, 0.1) is 30.3 Å². The van der Waals surface area contributed by atoms with Crippen LogP contribution in [0.5, 0.6) is 0 Å². The average Bonchev–Trinajstić information content (AvgIpc) is 3.03. The van der Waals surface area contributed by atoms with E-state index in [-0.39, 0.29) is 35.7 Å². The predicted octanol–water partition coefficient (Wildman–Crippen LogP) is 0.847. The number of carboxylic acid groups (broad SMARTS) is 1. The first-order chi connectivity index (χ1) is 13.4. The van der Waals surface area contributed by atoms with Gasteiger partial charge in [0, 0.05) is 37.1 Å². The molecule has 3 N–H and O–H groups in total. The zero-order valence-electron chi connectivity index (χ0n) is 17.0. The quantitative estimate of drug-likeness (QED) is 0.637. The van der Waals surface area contributed by atoms with Crippen molar-refractivity contribution in [2.24, 2.45) is 17.3 Å². The number of likely N-dealkylation sites (tertiary alicyclic amines) is 1. The number of likely N-dealkylation sites (N-methyl/N-ethyl adjacent to an activating group) is 1. The Morgan fingerprint density at radius 3 is 2.89 bits per heavy atom. The molecule has 9 atom stereocenters. The summed E-state index contributed by atoms with van der Waals surface area (Å²) in [5, 5.41) is 23.4. The highest BCUT2D eigenvalue weighted by molar-refractivity contribution is 5.66. The van der Waals surface area contributed by atoms with Gasteiger partial charge in [0.1, 0.15) is 0 Å². The van der Waals surface area contributed by atoms with E-state index in [4.69, 9.17) is 14.6 Å². The topological polar surface area (TPSA) is 91.3 Å². The SMILES string of the molecule is CO[C@]12CC[C@H](NCCC(=O)O)[C@@H]3OC4C(O)CCC5CC1N(C)CC[C@]32C54. The van der Waals surface area contributed by atoms with Gasteiger partial charge < -0.3 is 29.9 Å². The predicted molar refractivity (Wildman–Crippen MR) is 102 cm³/mol. The summed E-state index contributed by atoms with van der Waals surface area (Å²) in [4.78, 5) is 13.5. The van der Waals surface area contributed by atoms with Gasteiger partial charge >= 0.3 is 5.97 Å². The van der Waals surface area contributed by atoms with E-state index in [9.17, 15) is 9.90 Å². The summed E-state index contributed by atoms with van der Waals surface area (Å²) in [5.74, 6) is 0.142. The first kappa shape index (κ1) is 19.2. The van der Waals surface area contributed by atoms with Crippen LogP contribution in [-0.2, 0) is 14.3 Å². The van der Waals surface area contributed by atoms with Crippen LogP contribution in [0.25, 0.3) is 0 Å². The molecule has 5 unspecified atom stereocenters. The van der Waals surface area contributed by atoms with Crippen LogP contribution in [0.3, 0.4) is 0 Å². The molecule has 3 saturated carbocycles. The number of aliphatic hydroxyl groups excluding tert-OH is 1. The molecule has 5 fully saturated rings. The van der Waals surface area contributed by atoms with E-state index < -0.39 is 12.1 Å². The molecule has 0 aromatic carbocycles. The number of hydrogen-bond donors (Lipinski definition) is 3. The van der Waals surface area contributed by atoms with Crippen LogP contribution in [0.2, 0.25) is 0 Å². The second kappa shape index (κ2) is 6.64. The molecule has 2 bridgehead atoms. The van der Waals surface area contributed by atoms with Crippen LogP contribution in [0.15, 0.2) is 0 Å². The number of piperidine rings is 1. The van der Waals surface area contributed by atoms with Gasteiger partial charge in [0.2, 0.25) is 0 Å². The molecule has 2 aliphatic heterocycles. The number of nitrogens with zero attached hydrogens (tertiary/aromatic N) is 1. The molecule has 7 heteroatoms. The Kier molecular flexibility index (Phi) is 4.56. The van der Waals surface area contributed by atoms with Crippen LogP contribution in [0.4, 0.5) is 0 Å². The lowest BCUT2D eigenvalue weighted by Crippen LogP contribution is -2.78. The van der Waals surface area contributed by atoms with Crippen molar-refractivity contribution in [3.05, 3.63) is 0 Å². The fourth-order valence-electron chi connectivity index (χ4n) is 8.13. The Hall–Kier alpha value is -0.730. The lowest BCUT2D eigenvalue weighted by molar-refractivity contribution is -0.269. The maximum absolute atomic E-state index is 11.0. The molecular weight excluding hydrogens is 360 g/mol. The van der Waals surface area contributed by atoms with E-state index in [0.29, 0.717) is 24.4 Å². The van der Waals surface area contributed by atoms with E-state index in [1.54, 1.807) is 0 Å². The Balaban J connectivity index is 1.55. The molecular formula is C21H34N2O5. The third-order valence-corrected chi connectivity index (χ3v) is 9.04. The number of rotatable bonds is 5. The number of carboxylic acids is 1. The van der Waals surface area contributed by atoms with Crippen molar-refractivity contribution in [3.8, 4) is 0 Å². The minimum atomic E-state index is -0.777. The fourth-order valence-corrected chi connectivity index (χ4v) is 8.13. The fraction of sp³-hybridized carbons (Fsp3) is 0.952. The molecule has 0 radical (unpaired) electrons. The monoisotopic (exact) mass is 394 g/mol. The Morgan fingerprint density at radius 2 is 2.14 bits per heavy atom. The van der Waals surface area contributed by atoms with Crippen LogP contribution in [0, 0.1) is 17.3 Å². The van der Waals surface area contributed by atoms with Gasteiger partial charge in [0.15, 0.2) is 0 Å². The van der Waals surface area contributed by atoms with Crippen molar-refractivity contribution in [2.75, 3.05) is 27.2 Å². The second-order valence-electron chi connectivity index (χ2n) is 9.81. The average molecular weight is 395 g/mol. The maximum atomic E-state index is 11.0. The molecule has 0 aromatic heterocycles. The van der Waals surface area contributed by atoms with Gasteiger partial charge in [0.25, 0.3) is 0 Å². The smallest absolute Gasteiger partial charge is 0.304 e. The zero-order chi connectivity index (χ0) is 19.7. The van der Waals surface area contributed by atoms with Gasteiger partial charge in [-0.25, -0.2) is 0 Å². The number of ether oxygens (including phenoxy) is 2. The first-order valence-corrected chi connectivity index (χ1v) is 11.0. The van der Waals surface area contributed by atoms with E-state index in [2.05, 4.69) is 17.3 Å². The highest BCUT2D eigenvalue weighted by Gasteiger charge is 2.77. The summed E-state index contributed by atoms with van der Waals surface area (Å²) >= 11 is 0. The number of aliphatic hydroxyl groups is 1. The molecule has 28 heavy (non-hydrogen) atoms. The molecule has 7 nitrogen and oxygen atoms in total. The summed E-state index contributed by atoms with van der Waals surface area (Å²) in [6.45, 7) is 1.49. The zero-order valence-corrected chi connectivity index (χ0v) is 17.0. The molecule has 1 spiro atoms. The van der Waals surface area contributed by atoms with E-state index in [0.717, 1.165) is 45.1 Å². The largest absolute Gasteiger partial charge is 0.481 e. The molecule has 3 aliphatic carbocycles. The summed E-state index contributed by atoms with van der Waals surface area (Å²) in [5.41, 5.74) is -0.324. The van der Waals surface area contributed by atoms with Crippen LogP contribution < -0.4 is 5.32 Å². The van der Waals surface area contributed by atoms with Crippen LogP contribution in [-0.4, -0.2) is 84.3 Å². The summed E-state index contributed by atoms with van der Waals surface area (Å²) in [7, 11) is 4.10. The normalized spacial score (nSPS) is 52.3. The van der Waals surface area contributed by atoms with Crippen molar-refractivity contribution in [1.82, 2.24) is 10.2 Å². The first-order valence-electron chi connectivity index (χ1n) is 11.0. The van der Waals surface area contributed by atoms with Crippen molar-refractivity contribution < 1.29 is 24.5 Å². The minimum absolute atomic E-state index is 0.0169. The molecule has 0 amide bonds. The third-order valence-electron chi connectivity index (χ3n) is 9.04. The van der Waals surface area contributed by atoms with Crippen LogP contribution in [0.1, 0.15) is 44.9 Å². The lowest BCUT2D eigenvalue weighted by atomic mass is 9.42. The number of methoxy groups -OCH3 is 1. The third kappa shape index (κ3) is 2.31. The van der Waals surface area contributed by atoms with E-state index in [1.165, 1.54) is 0 Å². The minimum Gasteiger partial charge on any atom is -0.481 e. The number of hydrogen-bond acceptors (Lipinski definition) is 6. The van der Waals surface area contributed by atoms with Crippen molar-refractivity contribution in [2.45, 2.75) is 80.9 Å². The van der Waals surface area contributed by atoms with Crippen molar-refractivity contribution >= 4 is 5.97 Å². The molecule has 0 aromatic rings. The standard InChI is InChI=1S/C21H34N2O5/c1-23-10-8-20-17-12-3-4-14(24)18(17)28-19(20)13(22-9-6-16(25)26)5-7-21(20,27-2)15(23)11-12/h12-15,17-19,22,24H,3-11H2,1-2H3,(H,25,26)/t12?,13-,14?,15?,17?,18?,19-,20-,21+/m0/s1. The highest BCUT2D eigenvalue weighted by Crippen LogP contribution is 2.70. The van der Waals surface area contributed by atoms with Gasteiger partial charge in [-0.3, -0.25) is 4.79 Å². The van der Waals surface area contributed by atoms with Gasteiger partial charge in [-0.15, -0.1) is 0 Å². The van der Waals surface area contributed by atoms with Gasteiger partial charge in [-0.2, -0.15) is 0 Å². The Bertz CT molecular complexity index is 646. The van der Waals surface area contributed by atoms with Crippen molar-refractivity contribution in [1.29, 1.82) is 0 Å². The van der Waals surface area contributed by atoms with Gasteiger partial charge in [-0.1, -0.05) is 0 Å². The van der Waals surface area contributed by atoms with E-state index in [1.807, 2.05) is 7.11 Å². The number of nitrogens with one attached hydrogen (secondary N) is 1. The van der Waals surface area contributed by atoms with E-state index >= 15 is 0 Å². The molecule has 158 valence electrons. The molecule has 2 heterocycles. The second-order valence-corrected chi connectivity index (χ2v) is 9.81. The molecule has 5 aliphatic rings. The Labute approximate surface area is 166 Å². The summed E-state index contributed by atoms with van der Waals surface area (Å²) in [6, 6.07) is 0.524. The lowest BCUT2D eigenvalue weighted by Gasteiger charge is -2.69. The van der Waals surface area contributed by atoms with Crippen LogP contribution >= 0.6 is 0 Å². The van der Waals surface area contributed by atoms with Gasteiger partial charge in [-0.05, 0) is 58.0 Å². The van der Waals surface area contributed by atoms with Crippen molar-refractivity contribution in [3.63, 3.8) is 0 Å². The molecule has 5 rings (SSSR count). The number of carbonyl (C=O) groups is 1. The number of aliphatic carboxylic acids is 1.